The molecule has 0 aliphatic carbocycles. The van der Waals surface area contributed by atoms with E-state index in [1.807, 2.05) is 17.0 Å². The van der Waals surface area contributed by atoms with Crippen LogP contribution in [0.3, 0.4) is 0 Å². The van der Waals surface area contributed by atoms with Crippen LogP contribution in [0.25, 0.3) is 11.3 Å². The Labute approximate surface area is 196 Å². The molecule has 0 radical (unpaired) electrons. The van der Waals surface area contributed by atoms with E-state index in [2.05, 4.69) is 27.3 Å². The minimum Gasteiger partial charge on any atom is -0.379 e. The van der Waals surface area contributed by atoms with E-state index in [0.717, 1.165) is 56.2 Å². The summed E-state index contributed by atoms with van der Waals surface area (Å²) in [7, 11) is 0. The van der Waals surface area contributed by atoms with Gasteiger partial charge < -0.3 is 15.0 Å². The summed E-state index contributed by atoms with van der Waals surface area (Å²) in [5.74, 6) is 0.0289. The Kier molecular flexibility index (Phi) is 6.39. The number of halogens is 3. The second-order valence-electron chi connectivity index (χ2n) is 8.19. The number of hydrogen-bond donors (Lipinski definition) is 1. The van der Waals surface area contributed by atoms with Gasteiger partial charge in [-0.15, -0.1) is 0 Å². The van der Waals surface area contributed by atoms with Gasteiger partial charge in [0.25, 0.3) is 0 Å². The lowest BCUT2D eigenvalue weighted by atomic mass is 10.1. The minimum atomic E-state index is -0.639. The van der Waals surface area contributed by atoms with Crippen molar-refractivity contribution in [1.29, 1.82) is 0 Å². The SMILES string of the molecule is Fc1ccc(F)c(CN2CCNc3ncc(-c4cccc(CN5CCOCC5)c4)nc32)c1Cl. The highest BCUT2D eigenvalue weighted by Gasteiger charge is 2.23. The molecule has 0 atom stereocenters. The fraction of sp³-hybridized carbons (Fsp3) is 0.333. The summed E-state index contributed by atoms with van der Waals surface area (Å²) in [6.45, 7) is 5.49. The van der Waals surface area contributed by atoms with E-state index in [9.17, 15) is 8.78 Å². The molecule has 1 fully saturated rings. The van der Waals surface area contributed by atoms with E-state index in [1.54, 1.807) is 6.20 Å². The van der Waals surface area contributed by atoms with Gasteiger partial charge in [0.15, 0.2) is 11.6 Å². The van der Waals surface area contributed by atoms with Crippen molar-refractivity contribution in [1.82, 2.24) is 14.9 Å². The molecule has 1 saturated heterocycles. The van der Waals surface area contributed by atoms with Gasteiger partial charge in [0.1, 0.15) is 11.6 Å². The Hall–Kier alpha value is -2.81. The molecule has 6 nitrogen and oxygen atoms in total. The van der Waals surface area contributed by atoms with E-state index in [-0.39, 0.29) is 17.1 Å². The average molecular weight is 472 g/mol. The molecule has 1 N–H and O–H groups in total. The van der Waals surface area contributed by atoms with Gasteiger partial charge in [0.2, 0.25) is 0 Å². The van der Waals surface area contributed by atoms with Crippen LogP contribution in [0.5, 0.6) is 0 Å². The van der Waals surface area contributed by atoms with Gasteiger partial charge in [-0.2, -0.15) is 0 Å². The number of nitrogens with zero attached hydrogens (tertiary/aromatic N) is 4. The predicted octanol–water partition coefficient (Wildman–Crippen LogP) is 4.34. The fourth-order valence-corrected chi connectivity index (χ4v) is 4.40. The highest BCUT2D eigenvalue weighted by molar-refractivity contribution is 6.31. The molecule has 9 heteroatoms. The largest absolute Gasteiger partial charge is 0.379 e. The quantitative estimate of drug-likeness (QED) is 0.559. The second kappa shape index (κ2) is 9.59. The number of nitrogens with one attached hydrogen (secondary N) is 1. The summed E-state index contributed by atoms with van der Waals surface area (Å²) in [6.07, 6.45) is 1.74. The van der Waals surface area contributed by atoms with Crippen molar-refractivity contribution < 1.29 is 13.5 Å². The zero-order valence-electron chi connectivity index (χ0n) is 18.0. The smallest absolute Gasteiger partial charge is 0.172 e. The third-order valence-corrected chi connectivity index (χ3v) is 6.36. The highest BCUT2D eigenvalue weighted by Crippen LogP contribution is 2.32. The van der Waals surface area contributed by atoms with Crippen LogP contribution in [0.1, 0.15) is 11.1 Å². The monoisotopic (exact) mass is 471 g/mol. The maximum Gasteiger partial charge on any atom is 0.172 e. The number of fused-ring (bicyclic) bond motifs is 1. The van der Waals surface area contributed by atoms with Crippen LogP contribution in [0, 0.1) is 11.6 Å². The second-order valence-corrected chi connectivity index (χ2v) is 8.56. The fourth-order valence-electron chi connectivity index (χ4n) is 4.18. The molecule has 5 rings (SSSR count). The number of benzene rings is 2. The predicted molar refractivity (Wildman–Crippen MR) is 124 cm³/mol. The Bertz CT molecular complexity index is 1160. The number of rotatable bonds is 5. The highest BCUT2D eigenvalue weighted by atomic mass is 35.5. The first kappa shape index (κ1) is 22.0. The summed E-state index contributed by atoms with van der Waals surface area (Å²) in [5, 5.41) is 3.03. The van der Waals surface area contributed by atoms with Crippen molar-refractivity contribution in [3.63, 3.8) is 0 Å². The normalized spacial score (nSPS) is 16.4. The molecular weight excluding hydrogens is 448 g/mol. The van der Waals surface area contributed by atoms with E-state index in [1.165, 1.54) is 5.56 Å². The summed E-state index contributed by atoms with van der Waals surface area (Å²) in [4.78, 5) is 13.6. The van der Waals surface area contributed by atoms with Gasteiger partial charge in [-0.1, -0.05) is 29.8 Å². The third-order valence-electron chi connectivity index (χ3n) is 5.95. The topological polar surface area (TPSA) is 53.5 Å². The standard InChI is InChI=1S/C24H24ClF2N5O/c25-22-18(19(26)4-5-20(22)27)15-32-7-6-28-23-24(32)30-21(13-29-23)17-3-1-2-16(12-17)14-31-8-10-33-11-9-31/h1-5,12-13H,6-11,14-15H2,(H,28,29). The lowest BCUT2D eigenvalue weighted by molar-refractivity contribution is 0.0342. The van der Waals surface area contributed by atoms with Gasteiger partial charge in [-0.05, 0) is 23.8 Å². The van der Waals surface area contributed by atoms with Gasteiger partial charge in [-0.3, -0.25) is 4.90 Å². The molecule has 3 heterocycles. The van der Waals surface area contributed by atoms with Crippen LogP contribution in [-0.2, 0) is 17.8 Å². The summed E-state index contributed by atoms with van der Waals surface area (Å²) >= 11 is 6.06. The number of morpholine rings is 1. The summed E-state index contributed by atoms with van der Waals surface area (Å²) < 4.78 is 33.8. The van der Waals surface area contributed by atoms with E-state index < -0.39 is 11.6 Å². The summed E-state index contributed by atoms with van der Waals surface area (Å²) in [6, 6.07) is 10.4. The minimum absolute atomic E-state index is 0.103. The van der Waals surface area contributed by atoms with Crippen molar-refractivity contribution in [2.75, 3.05) is 49.6 Å². The van der Waals surface area contributed by atoms with Crippen LogP contribution in [-0.4, -0.2) is 54.3 Å². The molecule has 33 heavy (non-hydrogen) atoms. The number of anilines is 2. The molecule has 0 amide bonds. The molecule has 2 aromatic carbocycles. The van der Waals surface area contributed by atoms with Crippen molar-refractivity contribution in [3.8, 4) is 11.3 Å². The molecule has 3 aromatic rings. The zero-order chi connectivity index (χ0) is 22.8. The summed E-state index contributed by atoms with van der Waals surface area (Å²) in [5.41, 5.74) is 2.98. The number of aromatic nitrogens is 2. The van der Waals surface area contributed by atoms with Crippen LogP contribution >= 0.6 is 11.6 Å². The first-order valence-electron chi connectivity index (χ1n) is 11.0. The lowest BCUT2D eigenvalue weighted by Crippen LogP contribution is -2.35. The third kappa shape index (κ3) is 4.78. The van der Waals surface area contributed by atoms with Crippen molar-refractivity contribution in [2.24, 2.45) is 0 Å². The Balaban J connectivity index is 1.42. The molecule has 0 spiro atoms. The number of hydrogen-bond acceptors (Lipinski definition) is 6. The van der Waals surface area contributed by atoms with Gasteiger partial charge in [0.05, 0.1) is 30.1 Å². The molecule has 172 valence electrons. The van der Waals surface area contributed by atoms with Crippen LogP contribution < -0.4 is 10.2 Å². The molecule has 0 bridgehead atoms. The van der Waals surface area contributed by atoms with Gasteiger partial charge in [-0.25, -0.2) is 18.7 Å². The molecule has 2 aliphatic rings. The Morgan fingerprint density at radius 1 is 1.03 bits per heavy atom. The zero-order valence-corrected chi connectivity index (χ0v) is 18.8. The molecule has 1 aromatic heterocycles. The maximum absolute atomic E-state index is 14.4. The first-order chi connectivity index (χ1) is 16.1. The van der Waals surface area contributed by atoms with Crippen molar-refractivity contribution in [2.45, 2.75) is 13.1 Å². The number of ether oxygens (including phenoxy) is 1. The van der Waals surface area contributed by atoms with Crippen molar-refractivity contribution >= 4 is 23.2 Å². The van der Waals surface area contributed by atoms with E-state index >= 15 is 0 Å². The van der Waals surface area contributed by atoms with Gasteiger partial charge in [0, 0.05) is 50.4 Å². The Morgan fingerprint density at radius 3 is 2.70 bits per heavy atom. The van der Waals surface area contributed by atoms with E-state index in [4.69, 9.17) is 21.3 Å². The maximum atomic E-state index is 14.4. The van der Waals surface area contributed by atoms with Crippen LogP contribution in [0.15, 0.2) is 42.6 Å². The molecule has 0 unspecified atom stereocenters. The first-order valence-corrected chi connectivity index (χ1v) is 11.3. The Morgan fingerprint density at radius 2 is 1.85 bits per heavy atom. The lowest BCUT2D eigenvalue weighted by Gasteiger charge is -2.31. The van der Waals surface area contributed by atoms with Crippen molar-refractivity contribution in [3.05, 3.63) is 70.4 Å². The van der Waals surface area contributed by atoms with Crippen LogP contribution in [0.4, 0.5) is 20.4 Å². The average Bonchev–Trinajstić information content (AvgIpc) is 2.85. The van der Waals surface area contributed by atoms with Crippen LogP contribution in [0.2, 0.25) is 5.02 Å². The van der Waals surface area contributed by atoms with E-state index in [0.29, 0.717) is 24.7 Å². The molecule has 2 aliphatic heterocycles. The molecular formula is C24H24ClF2N5O. The molecule has 0 saturated carbocycles. The van der Waals surface area contributed by atoms with Gasteiger partial charge >= 0.3 is 0 Å².